The molecule has 26 heavy (non-hydrogen) atoms. The van der Waals surface area contributed by atoms with Gasteiger partial charge < -0.3 is 5.11 Å². The zero-order chi connectivity index (χ0) is 17.5. The second-order valence-corrected chi connectivity index (χ2v) is 6.75. The van der Waals surface area contributed by atoms with Crippen LogP contribution in [0.2, 0.25) is 0 Å². The maximum absolute atomic E-state index is 10.5. The minimum atomic E-state index is 0.167. The molecule has 1 aliphatic carbocycles. The van der Waals surface area contributed by atoms with Gasteiger partial charge in [-0.2, -0.15) is 10.2 Å². The monoisotopic (exact) mass is 346 g/mol. The van der Waals surface area contributed by atoms with Gasteiger partial charge in [0, 0.05) is 22.7 Å². The Morgan fingerprint density at radius 3 is 2.69 bits per heavy atom. The van der Waals surface area contributed by atoms with Crippen molar-refractivity contribution in [2.75, 3.05) is 0 Å². The van der Waals surface area contributed by atoms with Gasteiger partial charge in [0.05, 0.1) is 24.1 Å². The number of phenols is 1. The van der Waals surface area contributed by atoms with Crippen molar-refractivity contribution in [1.29, 1.82) is 0 Å². The van der Waals surface area contributed by atoms with Crippen molar-refractivity contribution in [2.45, 2.75) is 31.7 Å². The highest BCUT2D eigenvalue weighted by molar-refractivity contribution is 5.81. The van der Waals surface area contributed by atoms with E-state index in [0.29, 0.717) is 17.3 Å². The molecule has 1 aromatic carbocycles. The summed E-state index contributed by atoms with van der Waals surface area (Å²) in [6, 6.07) is 7.87. The highest BCUT2D eigenvalue weighted by Crippen LogP contribution is 2.34. The van der Waals surface area contributed by atoms with Crippen molar-refractivity contribution in [3.63, 3.8) is 0 Å². The number of nitrogens with zero attached hydrogens (tertiary/aromatic N) is 5. The van der Waals surface area contributed by atoms with Crippen molar-refractivity contribution in [2.24, 2.45) is 0 Å². The molecule has 0 radical (unpaired) electrons. The first-order valence-corrected chi connectivity index (χ1v) is 8.83. The Kier molecular flexibility index (Phi) is 3.44. The molecule has 1 saturated carbocycles. The lowest BCUT2D eigenvalue weighted by Crippen LogP contribution is -2.07. The Balaban J connectivity index is 1.53. The van der Waals surface area contributed by atoms with E-state index in [1.165, 1.54) is 12.8 Å². The molecule has 2 N–H and O–H groups in total. The van der Waals surface area contributed by atoms with Gasteiger partial charge in [-0.3, -0.25) is 5.10 Å². The summed E-state index contributed by atoms with van der Waals surface area (Å²) in [5.41, 5.74) is 3.92. The summed E-state index contributed by atoms with van der Waals surface area (Å²) in [5.74, 6) is 0.167. The summed E-state index contributed by atoms with van der Waals surface area (Å²) in [6.07, 6.45) is 10.1. The van der Waals surface area contributed by atoms with Crippen LogP contribution in [0.25, 0.3) is 33.4 Å². The van der Waals surface area contributed by atoms with Gasteiger partial charge in [-0.1, -0.05) is 18.9 Å². The Labute approximate surface area is 149 Å². The zero-order valence-corrected chi connectivity index (χ0v) is 14.1. The van der Waals surface area contributed by atoms with Gasteiger partial charge in [0.2, 0.25) is 0 Å². The van der Waals surface area contributed by atoms with E-state index in [9.17, 15) is 5.11 Å². The van der Waals surface area contributed by atoms with E-state index in [1.807, 2.05) is 29.1 Å². The third-order valence-electron chi connectivity index (χ3n) is 5.12. The van der Waals surface area contributed by atoms with Crippen LogP contribution in [-0.2, 0) is 0 Å². The molecule has 4 aromatic rings. The first-order valence-electron chi connectivity index (χ1n) is 8.83. The number of aromatic amines is 1. The van der Waals surface area contributed by atoms with Crippen molar-refractivity contribution < 1.29 is 5.11 Å². The van der Waals surface area contributed by atoms with Crippen molar-refractivity contribution in [3.8, 4) is 28.1 Å². The maximum Gasteiger partial charge on any atom is 0.180 e. The Morgan fingerprint density at radius 1 is 1.04 bits per heavy atom. The van der Waals surface area contributed by atoms with Crippen LogP contribution >= 0.6 is 0 Å². The molecule has 0 bridgehead atoms. The predicted octanol–water partition coefficient (Wildman–Crippen LogP) is 3.70. The summed E-state index contributed by atoms with van der Waals surface area (Å²) in [7, 11) is 0. The Bertz CT molecular complexity index is 1060. The minimum absolute atomic E-state index is 0.167. The molecule has 0 atom stereocenters. The number of hydrogen-bond donors (Lipinski definition) is 2. The normalized spacial score (nSPS) is 15.1. The molecule has 0 spiro atoms. The summed E-state index contributed by atoms with van der Waals surface area (Å²) >= 11 is 0. The first kappa shape index (κ1) is 15.1. The van der Waals surface area contributed by atoms with Gasteiger partial charge in [-0.05, 0) is 36.6 Å². The number of H-pyrrole nitrogens is 1. The van der Waals surface area contributed by atoms with Crippen molar-refractivity contribution in [3.05, 3.63) is 42.9 Å². The number of phenolic OH excluding ortho intramolecular Hbond substituents is 1. The van der Waals surface area contributed by atoms with Gasteiger partial charge in [0.15, 0.2) is 5.65 Å². The van der Waals surface area contributed by atoms with Crippen LogP contribution in [0.4, 0.5) is 0 Å². The zero-order valence-electron chi connectivity index (χ0n) is 14.1. The second-order valence-electron chi connectivity index (χ2n) is 6.75. The van der Waals surface area contributed by atoms with E-state index in [2.05, 4.69) is 25.5 Å². The molecule has 0 amide bonds. The predicted molar refractivity (Wildman–Crippen MR) is 97.5 cm³/mol. The maximum atomic E-state index is 10.5. The number of aromatic nitrogens is 6. The quantitative estimate of drug-likeness (QED) is 0.590. The van der Waals surface area contributed by atoms with Crippen molar-refractivity contribution >= 4 is 11.0 Å². The molecule has 0 unspecified atom stereocenters. The number of hydrogen-bond acceptors (Lipinski definition) is 5. The standard InChI is InChI=1S/C19H18N6O/c26-18-8-12(14-9-20-21-10-14)5-6-16(18)17-7-13-11-22-25(19(13)24-23-17)15-3-1-2-4-15/h5-11,15,26H,1-4H2,(H,20,21). The largest absolute Gasteiger partial charge is 0.507 e. The molecule has 1 fully saturated rings. The topological polar surface area (TPSA) is 92.5 Å². The fourth-order valence-corrected chi connectivity index (χ4v) is 3.74. The third kappa shape index (κ3) is 2.44. The van der Waals surface area contributed by atoms with E-state index in [-0.39, 0.29) is 5.75 Å². The molecule has 0 aliphatic heterocycles. The van der Waals surface area contributed by atoms with E-state index in [1.54, 1.807) is 18.5 Å². The molecule has 1 aliphatic rings. The smallest absolute Gasteiger partial charge is 0.180 e. The molecule has 3 aromatic heterocycles. The lowest BCUT2D eigenvalue weighted by Gasteiger charge is -2.10. The molecule has 7 nitrogen and oxygen atoms in total. The van der Waals surface area contributed by atoms with E-state index >= 15 is 0 Å². The van der Waals surface area contributed by atoms with Crippen LogP contribution in [0.15, 0.2) is 42.9 Å². The van der Waals surface area contributed by atoms with Gasteiger partial charge in [-0.25, -0.2) is 4.68 Å². The lowest BCUT2D eigenvalue weighted by atomic mass is 10.0. The second kappa shape index (κ2) is 5.94. The van der Waals surface area contributed by atoms with Crippen LogP contribution in [0, 0.1) is 0 Å². The average molecular weight is 346 g/mol. The minimum Gasteiger partial charge on any atom is -0.507 e. The molecule has 130 valence electrons. The summed E-state index contributed by atoms with van der Waals surface area (Å²) in [4.78, 5) is 0. The number of nitrogens with one attached hydrogen (secondary N) is 1. The molecule has 7 heteroatoms. The van der Waals surface area contributed by atoms with E-state index < -0.39 is 0 Å². The highest BCUT2D eigenvalue weighted by atomic mass is 16.3. The Hall–Kier alpha value is -3.22. The van der Waals surface area contributed by atoms with Crippen LogP contribution in [0.5, 0.6) is 5.75 Å². The van der Waals surface area contributed by atoms with Gasteiger partial charge >= 0.3 is 0 Å². The molecule has 3 heterocycles. The highest BCUT2D eigenvalue weighted by Gasteiger charge is 2.21. The SMILES string of the molecule is Oc1cc(-c2cn[nH]c2)ccc1-c1cc2cnn(C3CCCC3)c2nn1. The molecule has 5 rings (SSSR count). The van der Waals surface area contributed by atoms with Crippen LogP contribution in [-0.4, -0.2) is 35.3 Å². The lowest BCUT2D eigenvalue weighted by molar-refractivity contribution is 0.476. The van der Waals surface area contributed by atoms with Crippen molar-refractivity contribution in [1.82, 2.24) is 30.2 Å². The van der Waals surface area contributed by atoms with Gasteiger partial charge in [0.25, 0.3) is 0 Å². The fraction of sp³-hybridized carbons (Fsp3) is 0.263. The number of aromatic hydroxyl groups is 1. The molecular weight excluding hydrogens is 328 g/mol. The number of benzene rings is 1. The fourth-order valence-electron chi connectivity index (χ4n) is 3.74. The molecule has 0 saturated heterocycles. The van der Waals surface area contributed by atoms with E-state index in [4.69, 9.17) is 0 Å². The summed E-state index contributed by atoms with van der Waals surface area (Å²) in [5, 5.41) is 31.4. The van der Waals surface area contributed by atoms with E-state index in [0.717, 1.165) is 35.0 Å². The summed E-state index contributed by atoms with van der Waals surface area (Å²) in [6.45, 7) is 0. The third-order valence-corrected chi connectivity index (χ3v) is 5.12. The van der Waals surface area contributed by atoms with Gasteiger partial charge in [0.1, 0.15) is 5.75 Å². The molecular formula is C19H18N6O. The van der Waals surface area contributed by atoms with Crippen LogP contribution in [0.3, 0.4) is 0 Å². The Morgan fingerprint density at radius 2 is 1.92 bits per heavy atom. The summed E-state index contributed by atoms with van der Waals surface area (Å²) < 4.78 is 2.00. The van der Waals surface area contributed by atoms with Crippen LogP contribution < -0.4 is 0 Å². The van der Waals surface area contributed by atoms with Crippen LogP contribution in [0.1, 0.15) is 31.7 Å². The van der Waals surface area contributed by atoms with Gasteiger partial charge in [-0.15, -0.1) is 10.2 Å². The number of rotatable bonds is 3. The first-order chi connectivity index (χ1) is 12.8. The number of fused-ring (bicyclic) bond motifs is 1. The average Bonchev–Trinajstić information content (AvgIpc) is 3.41.